The molecule has 3 N–H and O–H groups in total. The molecule has 1 rings (SSSR count). The van der Waals surface area contributed by atoms with Gasteiger partial charge in [-0.1, -0.05) is 27.7 Å². The molecule has 3 amide bonds. The largest absolute Gasteiger partial charge is 0.380 e. The van der Waals surface area contributed by atoms with E-state index < -0.39 is 0 Å². The van der Waals surface area contributed by atoms with Crippen molar-refractivity contribution in [2.45, 2.75) is 47.5 Å². The van der Waals surface area contributed by atoms with Gasteiger partial charge < -0.3 is 20.7 Å². The number of rotatable bonds is 13. The highest BCUT2D eigenvalue weighted by atomic mass is 16.5. The fourth-order valence-electron chi connectivity index (χ4n) is 2.66. The van der Waals surface area contributed by atoms with Gasteiger partial charge in [0, 0.05) is 49.5 Å². The Hall–Kier alpha value is -2.00. The molecule has 0 aromatic rings. The van der Waals surface area contributed by atoms with E-state index in [0.29, 0.717) is 32.7 Å². The third-order valence-electron chi connectivity index (χ3n) is 4.43. The molecule has 0 radical (unpaired) electrons. The van der Waals surface area contributed by atoms with Crippen molar-refractivity contribution in [2.75, 3.05) is 46.4 Å². The summed E-state index contributed by atoms with van der Waals surface area (Å²) in [7, 11) is 1.85. The van der Waals surface area contributed by atoms with Crippen molar-refractivity contribution < 1.29 is 19.1 Å². The van der Waals surface area contributed by atoms with Crippen LogP contribution in [0, 0.1) is 10.8 Å². The van der Waals surface area contributed by atoms with Gasteiger partial charge in [-0.05, 0) is 7.05 Å². The summed E-state index contributed by atoms with van der Waals surface area (Å²) in [4.78, 5) is 35.3. The van der Waals surface area contributed by atoms with Crippen molar-refractivity contribution in [3.05, 3.63) is 0 Å². The first kappa shape index (κ1) is 25.0. The molecule has 9 nitrogen and oxygen atoms in total. The van der Waals surface area contributed by atoms with Crippen LogP contribution in [-0.4, -0.2) is 74.9 Å². The lowest BCUT2D eigenvalue weighted by atomic mass is 9.93. The van der Waals surface area contributed by atoms with Gasteiger partial charge in [0.05, 0.1) is 19.6 Å². The lowest BCUT2D eigenvalue weighted by Gasteiger charge is -2.29. The molecule has 166 valence electrons. The molecule has 0 saturated carbocycles. The molecule has 9 heteroatoms. The van der Waals surface area contributed by atoms with Crippen molar-refractivity contribution in [3.63, 3.8) is 0 Å². The Morgan fingerprint density at radius 3 is 2.24 bits per heavy atom. The molecule has 1 heterocycles. The summed E-state index contributed by atoms with van der Waals surface area (Å²) < 4.78 is 5.83. The molecule has 1 aliphatic heterocycles. The van der Waals surface area contributed by atoms with E-state index in [1.807, 2.05) is 34.7 Å². The first-order valence-corrected chi connectivity index (χ1v) is 10.0. The van der Waals surface area contributed by atoms with Gasteiger partial charge in [-0.25, -0.2) is 5.01 Å². The molecule has 1 aliphatic rings. The summed E-state index contributed by atoms with van der Waals surface area (Å²) in [6.07, 6.45) is 0.978. The zero-order valence-electron chi connectivity index (χ0n) is 18.7. The fraction of sp³-hybridized carbons (Fsp3) is 0.800. The van der Waals surface area contributed by atoms with Crippen LogP contribution in [-0.2, 0) is 19.1 Å². The number of carbonyl (C=O) groups excluding carboxylic acids is 3. The summed E-state index contributed by atoms with van der Waals surface area (Å²) in [5.41, 5.74) is 0.355. The van der Waals surface area contributed by atoms with Crippen LogP contribution in [0.5, 0.6) is 0 Å². The van der Waals surface area contributed by atoms with E-state index in [-0.39, 0.29) is 41.5 Å². The third kappa shape index (κ3) is 10.4. The summed E-state index contributed by atoms with van der Waals surface area (Å²) in [6.45, 7) is 12.2. The minimum absolute atomic E-state index is 0.0592. The molecule has 0 aromatic carbocycles. The van der Waals surface area contributed by atoms with E-state index in [0.717, 1.165) is 12.3 Å². The van der Waals surface area contributed by atoms with Crippen LogP contribution >= 0.6 is 0 Å². The highest BCUT2D eigenvalue weighted by molar-refractivity contribution is 6.05. The Morgan fingerprint density at radius 2 is 1.69 bits per heavy atom. The maximum Gasteiger partial charge on any atom is 0.248 e. The quantitative estimate of drug-likeness (QED) is 0.409. The molecule has 0 bridgehead atoms. The average molecular weight is 412 g/mol. The zero-order chi connectivity index (χ0) is 22.1. The monoisotopic (exact) mass is 411 g/mol. The predicted octanol–water partition coefficient (Wildman–Crippen LogP) is 0.506. The number of hydrogen-bond acceptors (Lipinski definition) is 6. The average Bonchev–Trinajstić information content (AvgIpc) is 2.96. The fourth-order valence-corrected chi connectivity index (χ4v) is 2.66. The van der Waals surface area contributed by atoms with Crippen LogP contribution in [0.1, 0.15) is 47.5 Å². The van der Waals surface area contributed by atoms with E-state index in [2.05, 4.69) is 21.1 Å². The second kappa shape index (κ2) is 11.3. The Labute approximate surface area is 174 Å². The standard InChI is InChI=1S/C20H37N5O4/c1-15(26)22-11-19(2,3)13-29-14-20(4,5)12-23-17(27)10-25-18(28)9-16(24-25)7-8-21-6/h21H,7-14H2,1-6H3,(H,22,26)(H,23,27). The van der Waals surface area contributed by atoms with E-state index in [9.17, 15) is 14.4 Å². The highest BCUT2D eigenvalue weighted by Crippen LogP contribution is 2.19. The first-order valence-electron chi connectivity index (χ1n) is 10.0. The van der Waals surface area contributed by atoms with E-state index in [1.54, 1.807) is 0 Å². The number of hydrazone groups is 1. The van der Waals surface area contributed by atoms with Crippen LogP contribution < -0.4 is 16.0 Å². The van der Waals surface area contributed by atoms with Crippen LogP contribution in [0.3, 0.4) is 0 Å². The Morgan fingerprint density at radius 1 is 1.10 bits per heavy atom. The topological polar surface area (TPSA) is 112 Å². The van der Waals surface area contributed by atoms with Crippen LogP contribution in [0.25, 0.3) is 0 Å². The van der Waals surface area contributed by atoms with E-state index in [4.69, 9.17) is 4.74 Å². The van der Waals surface area contributed by atoms with Crippen LogP contribution in [0.4, 0.5) is 0 Å². The minimum Gasteiger partial charge on any atom is -0.380 e. The lowest BCUT2D eigenvalue weighted by molar-refractivity contribution is -0.134. The Balaban J connectivity index is 2.35. The van der Waals surface area contributed by atoms with Crippen molar-refractivity contribution in [2.24, 2.45) is 15.9 Å². The summed E-state index contributed by atoms with van der Waals surface area (Å²) in [6, 6.07) is 0. The predicted molar refractivity (Wildman–Crippen MR) is 112 cm³/mol. The summed E-state index contributed by atoms with van der Waals surface area (Å²) in [5, 5.41) is 14.2. The molecule has 29 heavy (non-hydrogen) atoms. The summed E-state index contributed by atoms with van der Waals surface area (Å²) >= 11 is 0. The van der Waals surface area contributed by atoms with Gasteiger partial charge in [0.1, 0.15) is 6.54 Å². The van der Waals surface area contributed by atoms with Gasteiger partial charge in [-0.3, -0.25) is 14.4 Å². The minimum atomic E-state index is -0.268. The van der Waals surface area contributed by atoms with Crippen molar-refractivity contribution in [1.82, 2.24) is 21.0 Å². The van der Waals surface area contributed by atoms with Gasteiger partial charge in [-0.2, -0.15) is 5.10 Å². The molecule has 0 fully saturated rings. The van der Waals surface area contributed by atoms with E-state index >= 15 is 0 Å². The number of amides is 3. The lowest BCUT2D eigenvalue weighted by Crippen LogP contribution is -2.42. The molecule has 0 aliphatic carbocycles. The van der Waals surface area contributed by atoms with Crippen molar-refractivity contribution in [3.8, 4) is 0 Å². The SMILES string of the molecule is CNCCC1=NN(CC(=O)NCC(C)(C)COCC(C)(C)CNC(C)=O)C(=O)C1. The van der Waals surface area contributed by atoms with Gasteiger partial charge in [0.2, 0.25) is 17.7 Å². The first-order chi connectivity index (χ1) is 13.4. The number of hydrogen-bond donors (Lipinski definition) is 3. The van der Waals surface area contributed by atoms with Gasteiger partial charge >= 0.3 is 0 Å². The second-order valence-corrected chi connectivity index (χ2v) is 9.16. The van der Waals surface area contributed by atoms with E-state index in [1.165, 1.54) is 11.9 Å². The highest BCUT2D eigenvalue weighted by Gasteiger charge is 2.27. The maximum atomic E-state index is 12.2. The van der Waals surface area contributed by atoms with Crippen LogP contribution in [0.15, 0.2) is 5.10 Å². The normalized spacial score (nSPS) is 14.8. The number of carbonyl (C=O) groups is 3. The molecule has 0 aromatic heterocycles. The van der Waals surface area contributed by atoms with Crippen LogP contribution in [0.2, 0.25) is 0 Å². The van der Waals surface area contributed by atoms with Gasteiger partial charge in [0.15, 0.2) is 0 Å². The number of nitrogens with one attached hydrogen (secondary N) is 3. The smallest absolute Gasteiger partial charge is 0.248 e. The third-order valence-corrected chi connectivity index (χ3v) is 4.43. The number of ether oxygens (including phenoxy) is 1. The summed E-state index contributed by atoms with van der Waals surface area (Å²) in [5.74, 6) is -0.442. The van der Waals surface area contributed by atoms with Gasteiger partial charge in [-0.15, -0.1) is 0 Å². The molecule has 0 unspecified atom stereocenters. The Bertz CT molecular complexity index is 616. The molecular formula is C20H37N5O4. The second-order valence-electron chi connectivity index (χ2n) is 9.16. The molecule has 0 spiro atoms. The Kier molecular flexibility index (Phi) is 9.72. The number of nitrogens with zero attached hydrogens (tertiary/aromatic N) is 2. The van der Waals surface area contributed by atoms with Crippen molar-refractivity contribution in [1.29, 1.82) is 0 Å². The van der Waals surface area contributed by atoms with Gasteiger partial charge in [0.25, 0.3) is 0 Å². The molecule has 0 atom stereocenters. The maximum absolute atomic E-state index is 12.2. The molecular weight excluding hydrogens is 374 g/mol. The molecule has 0 saturated heterocycles. The van der Waals surface area contributed by atoms with Crippen molar-refractivity contribution >= 4 is 23.4 Å². The zero-order valence-corrected chi connectivity index (χ0v) is 18.7.